The molecule has 2 saturated heterocycles. The Bertz CT molecular complexity index is 1390. The van der Waals surface area contributed by atoms with Crippen LogP contribution in [0, 0.1) is 18.7 Å². The number of nitrogens with zero attached hydrogens (tertiary/aromatic N) is 2. The number of benzene rings is 3. The van der Waals surface area contributed by atoms with E-state index in [0.717, 1.165) is 35.7 Å². The Labute approximate surface area is 248 Å². The molecular weight excluding hydrogens is 527 g/mol. The van der Waals surface area contributed by atoms with Gasteiger partial charge in [0, 0.05) is 42.7 Å². The Morgan fingerprint density at radius 1 is 0.810 bits per heavy atom. The first kappa shape index (κ1) is 28.3. The molecule has 2 unspecified atom stereocenters. The van der Waals surface area contributed by atoms with E-state index >= 15 is 4.39 Å². The Balaban J connectivity index is 1.29. The van der Waals surface area contributed by atoms with E-state index in [1.165, 1.54) is 44.6 Å². The molecule has 0 bridgehead atoms. The lowest BCUT2D eigenvalue weighted by Gasteiger charge is -2.41. The molecule has 2 N–H and O–H groups in total. The van der Waals surface area contributed by atoms with Crippen LogP contribution in [0.2, 0.25) is 0 Å². The van der Waals surface area contributed by atoms with Gasteiger partial charge in [0.05, 0.1) is 17.5 Å². The van der Waals surface area contributed by atoms with Crippen LogP contribution < -0.4 is 15.5 Å². The fourth-order valence-corrected chi connectivity index (χ4v) is 7.03. The van der Waals surface area contributed by atoms with Crippen LogP contribution in [-0.4, -0.2) is 42.4 Å². The summed E-state index contributed by atoms with van der Waals surface area (Å²) in [7, 11) is 0. The van der Waals surface area contributed by atoms with Crippen molar-refractivity contribution < 1.29 is 14.0 Å². The number of rotatable bonds is 7. The predicted molar refractivity (Wildman–Crippen MR) is 166 cm³/mol. The number of nitrogens with one attached hydrogen (secondary N) is 2. The van der Waals surface area contributed by atoms with Gasteiger partial charge in [0.25, 0.3) is 5.91 Å². The molecular formula is C35H41FN4O2. The highest BCUT2D eigenvalue weighted by atomic mass is 19.1. The van der Waals surface area contributed by atoms with E-state index in [9.17, 15) is 9.59 Å². The zero-order valence-electron chi connectivity index (χ0n) is 24.4. The van der Waals surface area contributed by atoms with Gasteiger partial charge < -0.3 is 20.4 Å². The zero-order chi connectivity index (χ0) is 29.1. The summed E-state index contributed by atoms with van der Waals surface area (Å²) in [6.07, 6.45) is 8.53. The van der Waals surface area contributed by atoms with Crippen molar-refractivity contribution in [3.8, 4) is 0 Å². The fraction of sp³-hybridized carbons (Fsp3) is 0.429. The number of anilines is 3. The van der Waals surface area contributed by atoms with Crippen molar-refractivity contribution in [3.63, 3.8) is 0 Å². The molecule has 2 atom stereocenters. The van der Waals surface area contributed by atoms with Crippen LogP contribution in [0.15, 0.2) is 66.7 Å². The SMILES string of the molecule is Cc1cccc(F)c1C(=O)N1CCCC(C(=O)Nc2cccc(N3CCCC3)c2)C1c1ccc(NC2CCCC2)cc1. The number of likely N-dealkylation sites (tertiary alicyclic amines) is 1. The lowest BCUT2D eigenvalue weighted by atomic mass is 9.83. The number of hydrogen-bond donors (Lipinski definition) is 2. The quantitative estimate of drug-likeness (QED) is 0.313. The maximum absolute atomic E-state index is 15.0. The van der Waals surface area contributed by atoms with Gasteiger partial charge in [0.1, 0.15) is 5.82 Å². The molecule has 6 rings (SSSR count). The molecule has 3 fully saturated rings. The van der Waals surface area contributed by atoms with Gasteiger partial charge >= 0.3 is 0 Å². The summed E-state index contributed by atoms with van der Waals surface area (Å²) in [5, 5.41) is 6.79. The summed E-state index contributed by atoms with van der Waals surface area (Å²) in [6, 6.07) is 20.9. The number of hydrogen-bond acceptors (Lipinski definition) is 4. The summed E-state index contributed by atoms with van der Waals surface area (Å²) in [5.74, 6) is -1.48. The van der Waals surface area contributed by atoms with Gasteiger partial charge in [-0.05, 0) is 93.0 Å². The second-order valence-electron chi connectivity index (χ2n) is 12.1. The highest BCUT2D eigenvalue weighted by molar-refractivity contribution is 5.98. The number of carbonyl (C=O) groups excluding carboxylic acids is 2. The topological polar surface area (TPSA) is 64.7 Å². The Hall–Kier alpha value is -3.87. The fourth-order valence-electron chi connectivity index (χ4n) is 7.03. The average Bonchev–Trinajstić information content (AvgIpc) is 3.72. The molecule has 42 heavy (non-hydrogen) atoms. The molecule has 2 heterocycles. The zero-order valence-corrected chi connectivity index (χ0v) is 24.4. The maximum atomic E-state index is 15.0. The second-order valence-corrected chi connectivity index (χ2v) is 12.1. The average molecular weight is 569 g/mol. The molecule has 3 aromatic carbocycles. The minimum Gasteiger partial charge on any atom is -0.382 e. The third-order valence-corrected chi connectivity index (χ3v) is 9.23. The van der Waals surface area contributed by atoms with E-state index in [1.54, 1.807) is 24.0 Å². The Morgan fingerprint density at radius 3 is 2.29 bits per heavy atom. The molecule has 0 aromatic heterocycles. The van der Waals surface area contributed by atoms with Crippen LogP contribution >= 0.6 is 0 Å². The van der Waals surface area contributed by atoms with E-state index in [1.807, 2.05) is 42.5 Å². The smallest absolute Gasteiger partial charge is 0.257 e. The lowest BCUT2D eigenvalue weighted by molar-refractivity contribution is -0.123. The second kappa shape index (κ2) is 12.6. The van der Waals surface area contributed by atoms with Crippen molar-refractivity contribution in [2.75, 3.05) is 35.2 Å². The van der Waals surface area contributed by atoms with E-state index in [4.69, 9.17) is 0 Å². The van der Waals surface area contributed by atoms with Crippen molar-refractivity contribution in [1.82, 2.24) is 4.90 Å². The monoisotopic (exact) mass is 568 g/mol. The van der Waals surface area contributed by atoms with Crippen LogP contribution in [0.1, 0.15) is 78.9 Å². The van der Waals surface area contributed by atoms with E-state index < -0.39 is 17.8 Å². The molecule has 6 nitrogen and oxygen atoms in total. The Morgan fingerprint density at radius 2 is 1.55 bits per heavy atom. The molecule has 2 amide bonds. The van der Waals surface area contributed by atoms with Crippen molar-refractivity contribution in [1.29, 1.82) is 0 Å². The lowest BCUT2D eigenvalue weighted by Crippen LogP contribution is -2.46. The van der Waals surface area contributed by atoms with Crippen LogP contribution in [0.3, 0.4) is 0 Å². The first-order chi connectivity index (χ1) is 20.5. The first-order valence-electron chi connectivity index (χ1n) is 15.6. The summed E-state index contributed by atoms with van der Waals surface area (Å²) >= 11 is 0. The normalized spacial score (nSPS) is 21.0. The number of halogens is 1. The van der Waals surface area contributed by atoms with E-state index in [2.05, 4.69) is 21.6 Å². The van der Waals surface area contributed by atoms with Crippen molar-refractivity contribution in [2.24, 2.45) is 5.92 Å². The van der Waals surface area contributed by atoms with Gasteiger partial charge in [0.15, 0.2) is 0 Å². The van der Waals surface area contributed by atoms with Crippen LogP contribution in [0.25, 0.3) is 0 Å². The van der Waals surface area contributed by atoms with Crippen LogP contribution in [0.4, 0.5) is 21.5 Å². The van der Waals surface area contributed by atoms with Crippen LogP contribution in [0.5, 0.6) is 0 Å². The van der Waals surface area contributed by atoms with Gasteiger partial charge in [0.2, 0.25) is 5.91 Å². The molecule has 1 aliphatic carbocycles. The number of amides is 2. The summed E-state index contributed by atoms with van der Waals surface area (Å²) in [5.41, 5.74) is 4.49. The van der Waals surface area contributed by atoms with Crippen molar-refractivity contribution >= 4 is 28.9 Å². The molecule has 3 aliphatic rings. The van der Waals surface area contributed by atoms with Gasteiger partial charge in [-0.3, -0.25) is 9.59 Å². The molecule has 0 radical (unpaired) electrons. The highest BCUT2D eigenvalue weighted by Gasteiger charge is 2.40. The first-order valence-corrected chi connectivity index (χ1v) is 15.6. The Kier molecular flexibility index (Phi) is 8.45. The third kappa shape index (κ3) is 6.01. The third-order valence-electron chi connectivity index (χ3n) is 9.23. The highest BCUT2D eigenvalue weighted by Crippen LogP contribution is 2.39. The standard InChI is InChI=1S/C35H41FN4O2/c1-24-9-6-15-31(36)32(24)35(42)40-22-8-14-30(33(40)25-16-18-27(19-17-25)37-26-10-2-3-11-26)34(41)38-28-12-7-13-29(23-28)39-20-4-5-21-39/h6-7,9,12-13,15-19,23,26,30,33,37H,2-5,8,10-11,14,20-22H2,1H3,(H,38,41). The van der Waals surface area contributed by atoms with Gasteiger partial charge in [-0.15, -0.1) is 0 Å². The van der Waals surface area contributed by atoms with Gasteiger partial charge in [-0.25, -0.2) is 4.39 Å². The minimum absolute atomic E-state index is 0.0846. The summed E-state index contributed by atoms with van der Waals surface area (Å²) < 4.78 is 15.0. The molecule has 7 heteroatoms. The molecule has 1 saturated carbocycles. The maximum Gasteiger partial charge on any atom is 0.257 e. The van der Waals surface area contributed by atoms with Gasteiger partial charge in [-0.1, -0.05) is 43.2 Å². The van der Waals surface area contributed by atoms with E-state index in [0.29, 0.717) is 31.0 Å². The van der Waals surface area contributed by atoms with Crippen molar-refractivity contribution in [2.45, 2.75) is 70.4 Å². The van der Waals surface area contributed by atoms with Crippen LogP contribution in [-0.2, 0) is 4.79 Å². The number of carbonyl (C=O) groups is 2. The van der Waals surface area contributed by atoms with E-state index in [-0.39, 0.29) is 17.4 Å². The van der Waals surface area contributed by atoms with Crippen molar-refractivity contribution in [3.05, 3.63) is 89.2 Å². The van der Waals surface area contributed by atoms with Gasteiger partial charge in [-0.2, -0.15) is 0 Å². The minimum atomic E-state index is -0.528. The molecule has 2 aliphatic heterocycles. The number of aryl methyl sites for hydroxylation is 1. The largest absolute Gasteiger partial charge is 0.382 e. The predicted octanol–water partition coefficient (Wildman–Crippen LogP) is 7.32. The summed E-state index contributed by atoms with van der Waals surface area (Å²) in [4.78, 5) is 32.0. The molecule has 220 valence electrons. The molecule has 0 spiro atoms. The number of piperidine rings is 1. The molecule has 3 aromatic rings. The summed E-state index contributed by atoms with van der Waals surface area (Å²) in [6.45, 7) is 4.28.